The maximum atomic E-state index is 13.5. The summed E-state index contributed by atoms with van der Waals surface area (Å²) in [6.45, 7) is 5.09. The van der Waals surface area contributed by atoms with Gasteiger partial charge in [0.2, 0.25) is 11.8 Å². The molecule has 36 heavy (non-hydrogen) atoms. The van der Waals surface area contributed by atoms with Crippen LogP contribution in [0.5, 0.6) is 5.75 Å². The Labute approximate surface area is 227 Å². The van der Waals surface area contributed by atoms with E-state index >= 15 is 0 Å². The first-order valence-corrected chi connectivity index (χ1v) is 13.7. The van der Waals surface area contributed by atoms with Gasteiger partial charge in [0, 0.05) is 24.9 Å². The number of ether oxygens (including phenoxy) is 1. The van der Waals surface area contributed by atoms with Crippen molar-refractivity contribution in [2.24, 2.45) is 34.2 Å². The number of rotatable bonds is 14. The number of carbonyl (C=O) groups is 3. The normalized spacial score (nSPS) is 17.9. The van der Waals surface area contributed by atoms with E-state index in [1.54, 1.807) is 7.11 Å². The molecular weight excluding hydrogens is 573 g/mol. The predicted molar refractivity (Wildman–Crippen MR) is 150 cm³/mol. The lowest BCUT2D eigenvalue weighted by Crippen LogP contribution is -2.47. The molecule has 0 spiro atoms. The van der Waals surface area contributed by atoms with E-state index in [9.17, 15) is 14.4 Å². The van der Waals surface area contributed by atoms with E-state index < -0.39 is 6.04 Å². The van der Waals surface area contributed by atoms with Crippen LogP contribution in [0.2, 0.25) is 0 Å². The number of ketones is 1. The van der Waals surface area contributed by atoms with Crippen LogP contribution < -0.4 is 26.8 Å². The van der Waals surface area contributed by atoms with Gasteiger partial charge in [0.15, 0.2) is 11.7 Å². The zero-order chi connectivity index (χ0) is 26.7. The van der Waals surface area contributed by atoms with Crippen LogP contribution >= 0.6 is 22.6 Å². The lowest BCUT2D eigenvalue weighted by atomic mass is 9.85. The second kappa shape index (κ2) is 15.0. The number of amides is 2. The van der Waals surface area contributed by atoms with Crippen LogP contribution in [0.3, 0.4) is 0 Å². The third-order valence-corrected chi connectivity index (χ3v) is 7.21. The van der Waals surface area contributed by atoms with E-state index in [1.165, 1.54) is 0 Å². The monoisotopic (exact) mass is 613 g/mol. The minimum Gasteiger partial charge on any atom is -0.496 e. The van der Waals surface area contributed by atoms with Gasteiger partial charge in [-0.1, -0.05) is 26.3 Å². The molecule has 0 aromatic heterocycles. The average molecular weight is 614 g/mol. The molecule has 3 atom stereocenters. The number of guanidine groups is 1. The summed E-state index contributed by atoms with van der Waals surface area (Å²) in [6.07, 6.45) is 4.42. The lowest BCUT2D eigenvalue weighted by Gasteiger charge is -2.25. The van der Waals surface area contributed by atoms with Crippen LogP contribution in [-0.2, 0) is 20.8 Å². The third-order valence-electron chi connectivity index (χ3n) is 6.36. The minimum atomic E-state index is -0.604. The summed E-state index contributed by atoms with van der Waals surface area (Å²) >= 11 is 2.17. The molecule has 200 valence electrons. The van der Waals surface area contributed by atoms with E-state index in [0.717, 1.165) is 34.1 Å². The number of hydrogen-bond acceptors (Lipinski definition) is 5. The summed E-state index contributed by atoms with van der Waals surface area (Å²) in [7, 11) is 1.61. The molecule has 0 heterocycles. The summed E-state index contributed by atoms with van der Waals surface area (Å²) in [5, 5.41) is 5.93. The first-order valence-electron chi connectivity index (χ1n) is 12.6. The average Bonchev–Trinajstić information content (AvgIpc) is 3.30. The first-order chi connectivity index (χ1) is 17.1. The quantitative estimate of drug-likeness (QED) is 0.110. The van der Waals surface area contributed by atoms with Crippen molar-refractivity contribution in [1.29, 1.82) is 0 Å². The number of aliphatic imine (C=N–C) groups is 1. The number of nitrogens with two attached hydrogens (primary N) is 2. The molecule has 1 aromatic carbocycles. The maximum absolute atomic E-state index is 13.5. The van der Waals surface area contributed by atoms with E-state index in [0.29, 0.717) is 32.4 Å². The largest absolute Gasteiger partial charge is 0.496 e. The maximum Gasteiger partial charge on any atom is 0.225 e. The van der Waals surface area contributed by atoms with Crippen LogP contribution in [0.1, 0.15) is 57.9 Å². The Bertz CT molecular complexity index is 933. The first kappa shape index (κ1) is 29.9. The highest BCUT2D eigenvalue weighted by Gasteiger charge is 2.40. The number of hydrogen-bond donors (Lipinski definition) is 4. The van der Waals surface area contributed by atoms with E-state index in [4.69, 9.17) is 16.2 Å². The highest BCUT2D eigenvalue weighted by Crippen LogP contribution is 2.34. The van der Waals surface area contributed by atoms with Crippen molar-refractivity contribution in [2.45, 2.75) is 64.8 Å². The Kier molecular flexibility index (Phi) is 12.5. The van der Waals surface area contributed by atoms with Gasteiger partial charge >= 0.3 is 0 Å². The summed E-state index contributed by atoms with van der Waals surface area (Å²) in [5.41, 5.74) is 11.5. The summed E-state index contributed by atoms with van der Waals surface area (Å²) in [4.78, 5) is 43.2. The fourth-order valence-corrected chi connectivity index (χ4v) is 5.43. The minimum absolute atomic E-state index is 0.0354. The zero-order valence-corrected chi connectivity index (χ0v) is 23.7. The number of carbonyl (C=O) groups excluding carboxylic acids is 3. The van der Waals surface area contributed by atoms with Gasteiger partial charge < -0.3 is 26.8 Å². The SMILES string of the molecule is COc1ccc(CC(=O)N[C@@H](CC(C)C)C(=O)C2CCC[C@H]2C(=O)NCCCCN=C(N)N)cc1I. The number of nitrogens with zero attached hydrogens (tertiary/aromatic N) is 1. The number of Topliss-reactive ketones (excluding diaryl/α,β-unsaturated/α-hetero) is 1. The highest BCUT2D eigenvalue weighted by molar-refractivity contribution is 14.1. The summed E-state index contributed by atoms with van der Waals surface area (Å²) < 4.78 is 6.20. The van der Waals surface area contributed by atoms with E-state index in [1.807, 2.05) is 32.0 Å². The third kappa shape index (κ3) is 9.59. The van der Waals surface area contributed by atoms with E-state index in [-0.39, 0.29) is 47.7 Å². The van der Waals surface area contributed by atoms with E-state index in [2.05, 4.69) is 38.2 Å². The molecule has 1 fully saturated rings. The molecule has 1 aliphatic rings. The molecule has 0 radical (unpaired) electrons. The fourth-order valence-electron chi connectivity index (χ4n) is 4.63. The Morgan fingerprint density at radius 3 is 2.53 bits per heavy atom. The summed E-state index contributed by atoms with van der Waals surface area (Å²) in [6, 6.07) is 5.00. The van der Waals surface area contributed by atoms with Gasteiger partial charge in [-0.2, -0.15) is 0 Å². The number of nitrogens with one attached hydrogen (secondary N) is 2. The molecule has 1 saturated carbocycles. The number of halogens is 1. The molecular formula is C26H40IN5O4. The Morgan fingerprint density at radius 2 is 1.89 bits per heavy atom. The molecule has 10 heteroatoms. The Hall–Kier alpha value is -2.37. The van der Waals surface area contributed by atoms with Crippen molar-refractivity contribution in [3.8, 4) is 5.75 Å². The molecule has 0 saturated heterocycles. The van der Waals surface area contributed by atoms with Crippen molar-refractivity contribution >= 4 is 46.1 Å². The molecule has 1 aliphatic carbocycles. The van der Waals surface area contributed by atoms with Gasteiger partial charge in [-0.25, -0.2) is 0 Å². The number of benzene rings is 1. The highest BCUT2D eigenvalue weighted by atomic mass is 127. The van der Waals surface area contributed by atoms with Crippen LogP contribution in [0, 0.1) is 21.3 Å². The van der Waals surface area contributed by atoms with Crippen molar-refractivity contribution in [1.82, 2.24) is 10.6 Å². The zero-order valence-electron chi connectivity index (χ0n) is 21.5. The Balaban J connectivity index is 1.97. The van der Waals surface area contributed by atoms with Crippen molar-refractivity contribution < 1.29 is 19.1 Å². The van der Waals surface area contributed by atoms with Crippen LogP contribution in [-0.4, -0.2) is 49.8 Å². The van der Waals surface area contributed by atoms with Crippen LogP contribution in [0.4, 0.5) is 0 Å². The van der Waals surface area contributed by atoms with Gasteiger partial charge in [0.05, 0.1) is 23.1 Å². The smallest absolute Gasteiger partial charge is 0.225 e. The molecule has 1 aromatic rings. The van der Waals surface area contributed by atoms with Crippen LogP contribution in [0.25, 0.3) is 0 Å². The van der Waals surface area contributed by atoms with Crippen molar-refractivity contribution in [2.75, 3.05) is 20.2 Å². The second-order valence-corrected chi connectivity index (χ2v) is 10.9. The second-order valence-electron chi connectivity index (χ2n) is 9.75. The van der Waals surface area contributed by atoms with Gasteiger partial charge in [0.25, 0.3) is 0 Å². The predicted octanol–water partition coefficient (Wildman–Crippen LogP) is 2.53. The van der Waals surface area contributed by atoms with Gasteiger partial charge in [0.1, 0.15) is 5.75 Å². The molecule has 1 unspecified atom stereocenters. The Morgan fingerprint density at radius 1 is 1.17 bits per heavy atom. The molecule has 0 aliphatic heterocycles. The standard InChI is InChI=1S/C26H40IN5O4/c1-16(2)13-21(32-23(33)15-17-9-10-22(36-3)20(27)14-17)24(34)18-7-6-8-19(18)25(35)30-11-4-5-12-31-26(28)29/h9-10,14,16,18-19,21H,4-8,11-13,15H2,1-3H3,(H,30,35)(H,32,33)(H4,28,29,31)/t18?,19-,21+/m1/s1. The van der Waals surface area contributed by atoms with Crippen molar-refractivity contribution in [3.63, 3.8) is 0 Å². The number of unbranched alkanes of at least 4 members (excludes halogenated alkanes) is 1. The van der Waals surface area contributed by atoms with Gasteiger partial charge in [-0.15, -0.1) is 0 Å². The molecule has 2 amide bonds. The fraction of sp³-hybridized carbons (Fsp3) is 0.615. The molecule has 0 bridgehead atoms. The number of methoxy groups -OCH3 is 1. The molecule has 6 N–H and O–H groups in total. The molecule has 2 rings (SSSR count). The lowest BCUT2D eigenvalue weighted by molar-refractivity contribution is -0.135. The topological polar surface area (TPSA) is 149 Å². The van der Waals surface area contributed by atoms with Crippen LogP contribution in [0.15, 0.2) is 23.2 Å². The van der Waals surface area contributed by atoms with Gasteiger partial charge in [-0.05, 0) is 78.3 Å². The van der Waals surface area contributed by atoms with Gasteiger partial charge in [-0.3, -0.25) is 19.4 Å². The molecule has 9 nitrogen and oxygen atoms in total. The van der Waals surface area contributed by atoms with Crippen molar-refractivity contribution in [3.05, 3.63) is 27.3 Å². The summed E-state index contributed by atoms with van der Waals surface area (Å²) in [5.74, 6) is -0.0145.